The lowest BCUT2D eigenvalue weighted by atomic mass is 9.88. The van der Waals surface area contributed by atoms with Crippen LogP contribution in [0, 0.1) is 5.92 Å². The normalized spacial score (nSPS) is 37.8. The molecule has 0 aromatic rings. The molecular weight excluding hydrogens is 150 g/mol. The number of nitrogens with zero attached hydrogens (tertiary/aromatic N) is 1. The first kappa shape index (κ1) is 8.52. The monoisotopic (exact) mass is 169 g/mol. The van der Waals surface area contributed by atoms with Crippen molar-refractivity contribution in [1.29, 1.82) is 0 Å². The third kappa shape index (κ3) is 1.64. The summed E-state index contributed by atoms with van der Waals surface area (Å²) >= 11 is 0. The van der Waals surface area contributed by atoms with Gasteiger partial charge in [-0.2, -0.15) is 0 Å². The van der Waals surface area contributed by atoms with Crippen LogP contribution in [0.25, 0.3) is 0 Å². The van der Waals surface area contributed by atoms with Crippen LogP contribution < -0.4 is 0 Å². The Morgan fingerprint density at radius 2 is 2.33 bits per heavy atom. The molecular formula is C10H19NO. The first-order valence-corrected chi connectivity index (χ1v) is 5.24. The van der Waals surface area contributed by atoms with Crippen LogP contribution in [0.2, 0.25) is 0 Å². The molecule has 0 aliphatic carbocycles. The standard InChI is InChI=1S/C10H19NO/c1-2-11-6-5-10-9(8-11)4-3-7-12-10/h9-10H,2-8H2,1H3. The lowest BCUT2D eigenvalue weighted by Crippen LogP contribution is -2.46. The summed E-state index contributed by atoms with van der Waals surface area (Å²) in [6, 6.07) is 0. The summed E-state index contributed by atoms with van der Waals surface area (Å²) in [5, 5.41) is 0. The molecule has 2 heteroatoms. The summed E-state index contributed by atoms with van der Waals surface area (Å²) in [6.07, 6.45) is 4.53. The van der Waals surface area contributed by atoms with Crippen molar-refractivity contribution in [3.63, 3.8) is 0 Å². The van der Waals surface area contributed by atoms with E-state index in [1.54, 1.807) is 0 Å². The quantitative estimate of drug-likeness (QED) is 0.590. The van der Waals surface area contributed by atoms with Gasteiger partial charge in [0.05, 0.1) is 6.10 Å². The molecule has 12 heavy (non-hydrogen) atoms. The maximum atomic E-state index is 5.75. The zero-order valence-corrected chi connectivity index (χ0v) is 7.96. The molecule has 0 saturated carbocycles. The largest absolute Gasteiger partial charge is 0.378 e. The first-order valence-electron chi connectivity index (χ1n) is 5.24. The summed E-state index contributed by atoms with van der Waals surface area (Å²) in [5.74, 6) is 0.840. The van der Waals surface area contributed by atoms with E-state index < -0.39 is 0 Å². The van der Waals surface area contributed by atoms with Gasteiger partial charge >= 0.3 is 0 Å². The molecule has 2 nitrogen and oxygen atoms in total. The predicted molar refractivity (Wildman–Crippen MR) is 49.2 cm³/mol. The lowest BCUT2D eigenvalue weighted by molar-refractivity contribution is -0.0652. The second-order valence-corrected chi connectivity index (χ2v) is 3.99. The predicted octanol–water partition coefficient (Wildman–Crippen LogP) is 1.51. The molecule has 2 aliphatic heterocycles. The average Bonchev–Trinajstić information content (AvgIpc) is 2.17. The number of hydrogen-bond acceptors (Lipinski definition) is 2. The van der Waals surface area contributed by atoms with E-state index in [1.807, 2.05) is 0 Å². The smallest absolute Gasteiger partial charge is 0.0627 e. The SMILES string of the molecule is CCN1CCC2OCCCC2C1. The van der Waals surface area contributed by atoms with E-state index in [9.17, 15) is 0 Å². The van der Waals surface area contributed by atoms with Crippen molar-refractivity contribution >= 4 is 0 Å². The van der Waals surface area contributed by atoms with Gasteiger partial charge in [-0.25, -0.2) is 0 Å². The van der Waals surface area contributed by atoms with Gasteiger partial charge in [0.1, 0.15) is 0 Å². The fraction of sp³-hybridized carbons (Fsp3) is 1.00. The average molecular weight is 169 g/mol. The highest BCUT2D eigenvalue weighted by atomic mass is 16.5. The van der Waals surface area contributed by atoms with Crippen molar-refractivity contribution in [2.24, 2.45) is 5.92 Å². The minimum atomic E-state index is 0.599. The number of likely N-dealkylation sites (tertiary alicyclic amines) is 1. The Kier molecular flexibility index (Phi) is 2.66. The first-order chi connectivity index (χ1) is 5.90. The molecule has 0 aromatic carbocycles. The Morgan fingerprint density at radius 1 is 1.42 bits per heavy atom. The van der Waals surface area contributed by atoms with Gasteiger partial charge in [-0.15, -0.1) is 0 Å². The molecule has 0 spiro atoms. The Hall–Kier alpha value is -0.0800. The summed E-state index contributed by atoms with van der Waals surface area (Å²) in [6.45, 7) is 7.00. The highest BCUT2D eigenvalue weighted by Crippen LogP contribution is 2.27. The molecule has 70 valence electrons. The van der Waals surface area contributed by atoms with Crippen LogP contribution in [0.3, 0.4) is 0 Å². The van der Waals surface area contributed by atoms with Gasteiger partial charge in [-0.3, -0.25) is 0 Å². The molecule has 0 bridgehead atoms. The molecule has 2 fully saturated rings. The molecule has 2 atom stereocenters. The maximum Gasteiger partial charge on any atom is 0.0627 e. The second-order valence-electron chi connectivity index (χ2n) is 3.99. The molecule has 0 amide bonds. The van der Waals surface area contributed by atoms with Crippen molar-refractivity contribution in [3.05, 3.63) is 0 Å². The van der Waals surface area contributed by atoms with E-state index in [0.717, 1.165) is 12.5 Å². The highest BCUT2D eigenvalue weighted by Gasteiger charge is 2.31. The fourth-order valence-electron chi connectivity index (χ4n) is 2.45. The van der Waals surface area contributed by atoms with Gasteiger partial charge in [0.25, 0.3) is 0 Å². The van der Waals surface area contributed by atoms with Gasteiger partial charge in [-0.1, -0.05) is 6.92 Å². The van der Waals surface area contributed by atoms with Crippen molar-refractivity contribution < 1.29 is 4.74 Å². The molecule has 0 aromatic heterocycles. The van der Waals surface area contributed by atoms with Gasteiger partial charge in [0.2, 0.25) is 0 Å². The Morgan fingerprint density at radius 3 is 3.17 bits per heavy atom. The van der Waals surface area contributed by atoms with Crippen LogP contribution in [-0.4, -0.2) is 37.2 Å². The molecule has 2 heterocycles. The minimum absolute atomic E-state index is 0.599. The van der Waals surface area contributed by atoms with Crippen molar-refractivity contribution in [2.45, 2.75) is 32.3 Å². The summed E-state index contributed by atoms with van der Waals surface area (Å²) < 4.78 is 5.75. The zero-order valence-electron chi connectivity index (χ0n) is 7.96. The van der Waals surface area contributed by atoms with Crippen LogP contribution in [0.5, 0.6) is 0 Å². The zero-order chi connectivity index (χ0) is 8.39. The number of fused-ring (bicyclic) bond motifs is 1. The molecule has 0 radical (unpaired) electrons. The van der Waals surface area contributed by atoms with Crippen molar-refractivity contribution in [3.8, 4) is 0 Å². The highest BCUT2D eigenvalue weighted by molar-refractivity contribution is 4.82. The number of ether oxygens (including phenoxy) is 1. The third-order valence-corrected chi connectivity index (χ3v) is 3.25. The topological polar surface area (TPSA) is 12.5 Å². The van der Waals surface area contributed by atoms with E-state index in [0.29, 0.717) is 6.10 Å². The second kappa shape index (κ2) is 3.75. The minimum Gasteiger partial charge on any atom is -0.378 e. The van der Waals surface area contributed by atoms with E-state index in [-0.39, 0.29) is 0 Å². The summed E-state index contributed by atoms with van der Waals surface area (Å²) in [7, 11) is 0. The third-order valence-electron chi connectivity index (χ3n) is 3.25. The Balaban J connectivity index is 1.90. The van der Waals surface area contributed by atoms with E-state index >= 15 is 0 Å². The van der Waals surface area contributed by atoms with E-state index in [1.165, 1.54) is 38.9 Å². The molecule has 2 unspecified atom stereocenters. The van der Waals surface area contributed by atoms with Gasteiger partial charge in [0.15, 0.2) is 0 Å². The van der Waals surface area contributed by atoms with E-state index in [4.69, 9.17) is 4.74 Å². The maximum absolute atomic E-state index is 5.75. The Bertz CT molecular complexity index is 149. The molecule has 0 N–H and O–H groups in total. The van der Waals surface area contributed by atoms with Gasteiger partial charge < -0.3 is 9.64 Å². The molecule has 2 saturated heterocycles. The van der Waals surface area contributed by atoms with Crippen LogP contribution in [0.1, 0.15) is 26.2 Å². The summed E-state index contributed by atoms with van der Waals surface area (Å²) in [5.41, 5.74) is 0. The van der Waals surface area contributed by atoms with Gasteiger partial charge in [0, 0.05) is 19.7 Å². The number of rotatable bonds is 1. The van der Waals surface area contributed by atoms with E-state index in [2.05, 4.69) is 11.8 Å². The molecule has 2 aliphatic rings. The van der Waals surface area contributed by atoms with Crippen LogP contribution in [0.4, 0.5) is 0 Å². The number of piperidine rings is 1. The Labute approximate surface area is 74.9 Å². The lowest BCUT2D eigenvalue weighted by Gasteiger charge is -2.40. The van der Waals surface area contributed by atoms with Gasteiger partial charge in [-0.05, 0) is 31.7 Å². The van der Waals surface area contributed by atoms with Crippen LogP contribution in [0.15, 0.2) is 0 Å². The van der Waals surface area contributed by atoms with Crippen LogP contribution in [-0.2, 0) is 4.74 Å². The van der Waals surface area contributed by atoms with Crippen LogP contribution >= 0.6 is 0 Å². The van der Waals surface area contributed by atoms with Crippen molar-refractivity contribution in [1.82, 2.24) is 4.90 Å². The number of hydrogen-bond donors (Lipinski definition) is 0. The molecule has 2 rings (SSSR count). The summed E-state index contributed by atoms with van der Waals surface area (Å²) in [4.78, 5) is 2.55. The van der Waals surface area contributed by atoms with Crippen molar-refractivity contribution in [2.75, 3.05) is 26.2 Å². The fourth-order valence-corrected chi connectivity index (χ4v) is 2.45.